The third kappa shape index (κ3) is 3.53. The van der Waals surface area contributed by atoms with Gasteiger partial charge in [0.05, 0.1) is 0 Å². The lowest BCUT2D eigenvalue weighted by Gasteiger charge is -2.08. The third-order valence-corrected chi connectivity index (χ3v) is 2.97. The van der Waals surface area contributed by atoms with Gasteiger partial charge >= 0.3 is 5.97 Å². The zero-order valence-corrected chi connectivity index (χ0v) is 10.7. The van der Waals surface area contributed by atoms with Crippen molar-refractivity contribution >= 4 is 17.6 Å². The number of ether oxygens (including phenoxy) is 1. The molecule has 0 amide bonds. The van der Waals surface area contributed by atoms with Crippen LogP contribution in [0.2, 0.25) is 5.02 Å². The minimum absolute atomic E-state index is 0.178. The normalized spacial score (nSPS) is 10.2. The first-order chi connectivity index (χ1) is 7.54. The van der Waals surface area contributed by atoms with Crippen LogP contribution in [-0.2, 0) is 4.79 Å². The molecule has 0 atom stereocenters. The second-order valence-electron chi connectivity index (χ2n) is 3.95. The zero-order valence-electron chi connectivity index (χ0n) is 9.97. The van der Waals surface area contributed by atoms with Gasteiger partial charge in [-0.25, -0.2) is 0 Å². The molecule has 0 fully saturated rings. The highest BCUT2D eigenvalue weighted by molar-refractivity contribution is 6.32. The molecule has 1 aromatic carbocycles. The smallest absolute Gasteiger partial charge is 0.311 e. The maximum absolute atomic E-state index is 11.4. The second kappa shape index (κ2) is 5.90. The molecule has 3 heteroatoms. The van der Waals surface area contributed by atoms with E-state index in [9.17, 15) is 4.79 Å². The Balaban J connectivity index is 2.71. The largest absolute Gasteiger partial charge is 0.427 e. The minimum Gasteiger partial charge on any atom is -0.427 e. The second-order valence-corrected chi connectivity index (χ2v) is 4.33. The van der Waals surface area contributed by atoms with E-state index >= 15 is 0 Å². The highest BCUT2D eigenvalue weighted by Gasteiger charge is 2.07. The maximum atomic E-state index is 11.4. The Bertz CT molecular complexity index is 363. The summed E-state index contributed by atoms with van der Waals surface area (Å²) in [5, 5.41) is 0.730. The molecule has 0 unspecified atom stereocenters. The number of carbonyl (C=O) groups excluding carboxylic acids is 1. The topological polar surface area (TPSA) is 26.3 Å². The Labute approximate surface area is 102 Å². The predicted octanol–water partition coefficient (Wildman–Crippen LogP) is 4.05. The van der Waals surface area contributed by atoms with Crippen LogP contribution in [-0.4, -0.2) is 5.97 Å². The molecule has 0 saturated carbocycles. The molecule has 1 aromatic rings. The zero-order chi connectivity index (χ0) is 12.1. The third-order valence-electron chi connectivity index (χ3n) is 2.38. The van der Waals surface area contributed by atoms with Crippen molar-refractivity contribution in [3.8, 4) is 5.75 Å². The van der Waals surface area contributed by atoms with E-state index < -0.39 is 0 Å². The van der Waals surface area contributed by atoms with Gasteiger partial charge in [0.1, 0.15) is 5.75 Å². The summed E-state index contributed by atoms with van der Waals surface area (Å²) in [6, 6.07) is 3.58. The summed E-state index contributed by atoms with van der Waals surface area (Å²) in [5.41, 5.74) is 1.86. The van der Waals surface area contributed by atoms with Crippen molar-refractivity contribution in [3.63, 3.8) is 0 Å². The van der Waals surface area contributed by atoms with E-state index in [2.05, 4.69) is 0 Å². The van der Waals surface area contributed by atoms with Gasteiger partial charge in [-0.1, -0.05) is 24.9 Å². The maximum Gasteiger partial charge on any atom is 0.311 e. The standard InChI is InChI=1S/C13H17ClO2/c1-4-5-6-12(15)16-11-7-9(2)13(14)10(3)8-11/h7-8H,4-6H2,1-3H3. The van der Waals surface area contributed by atoms with Crippen molar-refractivity contribution < 1.29 is 9.53 Å². The summed E-state index contributed by atoms with van der Waals surface area (Å²) in [6.45, 7) is 5.85. The first kappa shape index (κ1) is 13.0. The van der Waals surface area contributed by atoms with Crippen LogP contribution in [0.25, 0.3) is 0 Å². The fraction of sp³-hybridized carbons (Fsp3) is 0.462. The molecule has 2 nitrogen and oxygen atoms in total. The number of carbonyl (C=O) groups is 1. The molecule has 0 aliphatic carbocycles. The molecule has 0 aromatic heterocycles. The number of benzene rings is 1. The van der Waals surface area contributed by atoms with Gasteiger partial charge in [0.2, 0.25) is 0 Å². The van der Waals surface area contributed by atoms with E-state index in [-0.39, 0.29) is 5.97 Å². The summed E-state index contributed by atoms with van der Waals surface area (Å²) in [6.07, 6.45) is 2.33. The van der Waals surface area contributed by atoms with Gasteiger partial charge in [-0.3, -0.25) is 4.79 Å². The molecule has 0 aliphatic heterocycles. The van der Waals surface area contributed by atoms with Crippen molar-refractivity contribution in [1.82, 2.24) is 0 Å². The fourth-order valence-electron chi connectivity index (χ4n) is 1.47. The Kier molecular flexibility index (Phi) is 4.81. The van der Waals surface area contributed by atoms with E-state index in [0.29, 0.717) is 12.2 Å². The molecule has 0 N–H and O–H groups in total. The summed E-state index contributed by atoms with van der Waals surface area (Å²) in [7, 11) is 0. The van der Waals surface area contributed by atoms with Gasteiger partial charge in [0.25, 0.3) is 0 Å². The molecule has 0 saturated heterocycles. The van der Waals surface area contributed by atoms with Gasteiger partial charge in [0.15, 0.2) is 0 Å². The van der Waals surface area contributed by atoms with Crippen LogP contribution in [0.3, 0.4) is 0 Å². The van der Waals surface area contributed by atoms with Crippen LogP contribution in [0, 0.1) is 13.8 Å². The quantitative estimate of drug-likeness (QED) is 0.586. The monoisotopic (exact) mass is 240 g/mol. The number of rotatable bonds is 4. The first-order valence-electron chi connectivity index (χ1n) is 5.52. The lowest BCUT2D eigenvalue weighted by Crippen LogP contribution is -2.07. The number of hydrogen-bond donors (Lipinski definition) is 0. The average molecular weight is 241 g/mol. The van der Waals surface area contributed by atoms with Gasteiger partial charge in [0, 0.05) is 11.4 Å². The van der Waals surface area contributed by atoms with Crippen LogP contribution < -0.4 is 4.74 Å². The molecule has 0 bridgehead atoms. The minimum atomic E-state index is -0.178. The number of esters is 1. The Hall–Kier alpha value is -1.02. The summed E-state index contributed by atoms with van der Waals surface area (Å²) >= 11 is 6.03. The first-order valence-corrected chi connectivity index (χ1v) is 5.89. The molecule has 0 radical (unpaired) electrons. The molecule has 88 valence electrons. The van der Waals surface area contributed by atoms with Gasteiger partial charge in [-0.2, -0.15) is 0 Å². The van der Waals surface area contributed by atoms with Gasteiger partial charge < -0.3 is 4.74 Å². The number of halogens is 1. The molecule has 0 spiro atoms. The fourth-order valence-corrected chi connectivity index (χ4v) is 1.58. The lowest BCUT2D eigenvalue weighted by molar-refractivity contribution is -0.134. The molecule has 0 aliphatic rings. The van der Waals surface area contributed by atoms with Crippen molar-refractivity contribution in [2.24, 2.45) is 0 Å². The Morgan fingerprint density at radius 3 is 2.38 bits per heavy atom. The molecule has 16 heavy (non-hydrogen) atoms. The molecule has 1 rings (SSSR count). The van der Waals surface area contributed by atoms with Crippen LogP contribution in [0.5, 0.6) is 5.75 Å². The molecular weight excluding hydrogens is 224 g/mol. The van der Waals surface area contributed by atoms with Crippen molar-refractivity contribution in [2.45, 2.75) is 40.0 Å². The number of unbranched alkanes of at least 4 members (excludes halogenated alkanes) is 1. The number of hydrogen-bond acceptors (Lipinski definition) is 2. The van der Waals surface area contributed by atoms with Gasteiger partial charge in [-0.15, -0.1) is 0 Å². The van der Waals surface area contributed by atoms with Crippen LogP contribution in [0.4, 0.5) is 0 Å². The van der Waals surface area contributed by atoms with E-state index in [0.717, 1.165) is 29.0 Å². The number of aryl methyl sites for hydroxylation is 2. The van der Waals surface area contributed by atoms with Crippen LogP contribution in [0.1, 0.15) is 37.3 Å². The highest BCUT2D eigenvalue weighted by Crippen LogP contribution is 2.26. The van der Waals surface area contributed by atoms with Crippen molar-refractivity contribution in [2.75, 3.05) is 0 Å². The average Bonchev–Trinajstić information content (AvgIpc) is 2.23. The van der Waals surface area contributed by atoms with Crippen LogP contribution >= 0.6 is 11.6 Å². The Morgan fingerprint density at radius 1 is 1.31 bits per heavy atom. The SMILES string of the molecule is CCCCC(=O)Oc1cc(C)c(Cl)c(C)c1. The van der Waals surface area contributed by atoms with Crippen molar-refractivity contribution in [3.05, 3.63) is 28.3 Å². The summed E-state index contributed by atoms with van der Waals surface area (Å²) < 4.78 is 5.24. The van der Waals surface area contributed by atoms with Gasteiger partial charge in [-0.05, 0) is 43.5 Å². The summed E-state index contributed by atoms with van der Waals surface area (Å²) in [5.74, 6) is 0.406. The predicted molar refractivity (Wildman–Crippen MR) is 66.1 cm³/mol. The lowest BCUT2D eigenvalue weighted by atomic mass is 10.1. The van der Waals surface area contributed by atoms with E-state index in [1.165, 1.54) is 0 Å². The van der Waals surface area contributed by atoms with E-state index in [4.69, 9.17) is 16.3 Å². The molecular formula is C13H17ClO2. The van der Waals surface area contributed by atoms with E-state index in [1.807, 2.05) is 20.8 Å². The highest BCUT2D eigenvalue weighted by atomic mass is 35.5. The molecule has 0 heterocycles. The Morgan fingerprint density at radius 2 is 1.88 bits per heavy atom. The van der Waals surface area contributed by atoms with E-state index in [1.54, 1.807) is 12.1 Å². The van der Waals surface area contributed by atoms with Crippen molar-refractivity contribution in [1.29, 1.82) is 0 Å². The summed E-state index contributed by atoms with van der Waals surface area (Å²) in [4.78, 5) is 11.4. The van der Waals surface area contributed by atoms with Crippen LogP contribution in [0.15, 0.2) is 12.1 Å².